The number of rotatable bonds is 4. The lowest BCUT2D eigenvalue weighted by Crippen LogP contribution is -2.42. The summed E-state index contributed by atoms with van der Waals surface area (Å²) in [6.45, 7) is 4.92. The van der Waals surface area contributed by atoms with Crippen molar-refractivity contribution < 1.29 is 4.79 Å². The number of aryl methyl sites for hydroxylation is 1. The van der Waals surface area contributed by atoms with Crippen molar-refractivity contribution in [1.82, 2.24) is 19.4 Å². The van der Waals surface area contributed by atoms with E-state index in [0.717, 1.165) is 56.7 Å². The van der Waals surface area contributed by atoms with E-state index in [9.17, 15) is 4.79 Å². The zero-order chi connectivity index (χ0) is 18.6. The summed E-state index contributed by atoms with van der Waals surface area (Å²) in [6.07, 6.45) is 13.7. The molecule has 5 heteroatoms. The number of pyridine rings is 1. The van der Waals surface area contributed by atoms with Gasteiger partial charge >= 0.3 is 0 Å². The number of imidazole rings is 1. The van der Waals surface area contributed by atoms with Crippen molar-refractivity contribution in [2.75, 3.05) is 13.1 Å². The Balaban J connectivity index is 1.37. The standard InChI is InChI=1S/C22H30N4O/c1-17-14-24-21(20-8-5-11-23-15-20)26(17)16-18-9-12-25(13-10-18)22(27)19-6-3-2-4-7-19/h5,8,11,14-15,18-19H,2-4,6-7,9-10,12-13,16H2,1H3. The van der Waals surface area contributed by atoms with Gasteiger partial charge in [0.1, 0.15) is 5.82 Å². The lowest BCUT2D eigenvalue weighted by Gasteiger charge is -2.35. The molecule has 1 amide bonds. The van der Waals surface area contributed by atoms with E-state index in [4.69, 9.17) is 0 Å². The minimum Gasteiger partial charge on any atom is -0.342 e. The van der Waals surface area contributed by atoms with Gasteiger partial charge in [0.25, 0.3) is 0 Å². The smallest absolute Gasteiger partial charge is 0.225 e. The molecule has 0 unspecified atom stereocenters. The molecule has 0 spiro atoms. The molecule has 27 heavy (non-hydrogen) atoms. The molecule has 1 aliphatic heterocycles. The first kappa shape index (κ1) is 18.2. The first-order valence-electron chi connectivity index (χ1n) is 10.4. The van der Waals surface area contributed by atoms with Gasteiger partial charge in [-0.05, 0) is 50.7 Å². The van der Waals surface area contributed by atoms with Crippen molar-refractivity contribution in [1.29, 1.82) is 0 Å². The Morgan fingerprint density at radius 3 is 2.59 bits per heavy atom. The maximum Gasteiger partial charge on any atom is 0.225 e. The van der Waals surface area contributed by atoms with Crippen LogP contribution in [-0.4, -0.2) is 38.4 Å². The van der Waals surface area contributed by atoms with E-state index in [1.54, 1.807) is 6.20 Å². The number of hydrogen-bond donors (Lipinski definition) is 0. The number of likely N-dealkylation sites (tertiary alicyclic amines) is 1. The van der Waals surface area contributed by atoms with Crippen molar-refractivity contribution in [2.24, 2.45) is 11.8 Å². The molecule has 144 valence electrons. The average Bonchev–Trinajstić information content (AvgIpc) is 3.09. The lowest BCUT2D eigenvalue weighted by molar-refractivity contribution is -0.138. The van der Waals surface area contributed by atoms with Crippen LogP contribution in [0.15, 0.2) is 30.7 Å². The van der Waals surface area contributed by atoms with Crippen LogP contribution in [0.1, 0.15) is 50.6 Å². The largest absolute Gasteiger partial charge is 0.342 e. The van der Waals surface area contributed by atoms with Crippen LogP contribution >= 0.6 is 0 Å². The third-order valence-corrected chi connectivity index (χ3v) is 6.30. The quantitative estimate of drug-likeness (QED) is 0.819. The molecule has 2 fully saturated rings. The Hall–Kier alpha value is -2.17. The van der Waals surface area contributed by atoms with Crippen LogP contribution in [-0.2, 0) is 11.3 Å². The molecule has 3 heterocycles. The molecule has 5 nitrogen and oxygen atoms in total. The average molecular weight is 367 g/mol. The summed E-state index contributed by atoms with van der Waals surface area (Å²) in [5.74, 6) is 2.32. The molecule has 1 saturated heterocycles. The van der Waals surface area contributed by atoms with E-state index in [-0.39, 0.29) is 0 Å². The predicted octanol–water partition coefficient (Wildman–Crippen LogP) is 4.07. The normalized spacial score (nSPS) is 19.4. The van der Waals surface area contributed by atoms with E-state index in [2.05, 4.69) is 32.4 Å². The molecule has 4 rings (SSSR count). The van der Waals surface area contributed by atoms with Crippen LogP contribution in [0, 0.1) is 18.8 Å². The summed E-state index contributed by atoms with van der Waals surface area (Å²) in [4.78, 5) is 23.8. The zero-order valence-electron chi connectivity index (χ0n) is 16.3. The Morgan fingerprint density at radius 1 is 1.11 bits per heavy atom. The Morgan fingerprint density at radius 2 is 1.89 bits per heavy atom. The van der Waals surface area contributed by atoms with Gasteiger partial charge in [0, 0.05) is 55.4 Å². The summed E-state index contributed by atoms with van der Waals surface area (Å²) in [5, 5.41) is 0. The predicted molar refractivity (Wildman–Crippen MR) is 106 cm³/mol. The number of carbonyl (C=O) groups excluding carboxylic acids is 1. The third-order valence-electron chi connectivity index (χ3n) is 6.30. The van der Waals surface area contributed by atoms with Gasteiger partial charge in [0.15, 0.2) is 0 Å². The van der Waals surface area contributed by atoms with Crippen LogP contribution in [0.5, 0.6) is 0 Å². The van der Waals surface area contributed by atoms with Crippen LogP contribution in [0.25, 0.3) is 11.4 Å². The number of hydrogen-bond acceptors (Lipinski definition) is 3. The SMILES string of the molecule is Cc1cnc(-c2cccnc2)n1CC1CCN(C(=O)C2CCCCC2)CC1. The number of amides is 1. The first-order chi connectivity index (χ1) is 13.2. The maximum absolute atomic E-state index is 12.8. The van der Waals surface area contributed by atoms with E-state index >= 15 is 0 Å². The number of aromatic nitrogens is 3. The van der Waals surface area contributed by atoms with Crippen LogP contribution in [0.4, 0.5) is 0 Å². The summed E-state index contributed by atoms with van der Waals surface area (Å²) in [6, 6.07) is 4.02. The van der Waals surface area contributed by atoms with Gasteiger partial charge in [0.2, 0.25) is 5.91 Å². The van der Waals surface area contributed by atoms with Crippen molar-refractivity contribution in [3.8, 4) is 11.4 Å². The van der Waals surface area contributed by atoms with Gasteiger partial charge < -0.3 is 9.47 Å². The van der Waals surface area contributed by atoms with Gasteiger partial charge in [-0.25, -0.2) is 4.98 Å². The molecule has 0 atom stereocenters. The lowest BCUT2D eigenvalue weighted by atomic mass is 9.87. The fourth-order valence-corrected chi connectivity index (χ4v) is 4.62. The minimum absolute atomic E-state index is 0.295. The summed E-state index contributed by atoms with van der Waals surface area (Å²) in [5.41, 5.74) is 2.25. The zero-order valence-corrected chi connectivity index (χ0v) is 16.3. The number of piperidine rings is 1. The highest BCUT2D eigenvalue weighted by Gasteiger charge is 2.29. The second-order valence-electron chi connectivity index (χ2n) is 8.18. The van der Waals surface area contributed by atoms with Gasteiger partial charge in [-0.15, -0.1) is 0 Å². The van der Waals surface area contributed by atoms with Gasteiger partial charge in [0.05, 0.1) is 0 Å². The van der Waals surface area contributed by atoms with Gasteiger partial charge in [-0.1, -0.05) is 19.3 Å². The highest BCUT2D eigenvalue weighted by Crippen LogP contribution is 2.29. The molecule has 2 aliphatic rings. The molecule has 0 N–H and O–H groups in total. The fourth-order valence-electron chi connectivity index (χ4n) is 4.62. The molecular formula is C22H30N4O. The second-order valence-corrected chi connectivity index (χ2v) is 8.18. The molecule has 0 bridgehead atoms. The Bertz CT molecular complexity index is 756. The summed E-state index contributed by atoms with van der Waals surface area (Å²) >= 11 is 0. The van der Waals surface area contributed by atoms with Crippen LogP contribution in [0.3, 0.4) is 0 Å². The van der Waals surface area contributed by atoms with Crippen molar-refractivity contribution in [3.63, 3.8) is 0 Å². The highest BCUT2D eigenvalue weighted by atomic mass is 16.2. The molecule has 0 aromatic carbocycles. The molecule has 2 aromatic heterocycles. The van der Waals surface area contributed by atoms with Gasteiger partial charge in [-0.2, -0.15) is 0 Å². The molecule has 1 saturated carbocycles. The van der Waals surface area contributed by atoms with Crippen LogP contribution in [0.2, 0.25) is 0 Å². The van der Waals surface area contributed by atoms with E-state index in [1.165, 1.54) is 25.0 Å². The van der Waals surface area contributed by atoms with Gasteiger partial charge in [-0.3, -0.25) is 9.78 Å². The fraction of sp³-hybridized carbons (Fsp3) is 0.591. The van der Waals surface area contributed by atoms with E-state index in [1.807, 2.05) is 18.5 Å². The number of nitrogens with zero attached hydrogens (tertiary/aromatic N) is 4. The minimum atomic E-state index is 0.295. The summed E-state index contributed by atoms with van der Waals surface area (Å²) < 4.78 is 2.32. The van der Waals surface area contributed by atoms with E-state index < -0.39 is 0 Å². The summed E-state index contributed by atoms with van der Waals surface area (Å²) in [7, 11) is 0. The molecule has 0 radical (unpaired) electrons. The second kappa shape index (κ2) is 8.24. The molecule has 2 aromatic rings. The Labute approximate surface area is 161 Å². The van der Waals surface area contributed by atoms with E-state index in [0.29, 0.717) is 17.7 Å². The molecular weight excluding hydrogens is 336 g/mol. The van der Waals surface area contributed by atoms with Crippen molar-refractivity contribution in [3.05, 3.63) is 36.4 Å². The first-order valence-corrected chi connectivity index (χ1v) is 10.4. The number of carbonyl (C=O) groups is 1. The van der Waals surface area contributed by atoms with Crippen LogP contribution < -0.4 is 0 Å². The third kappa shape index (κ3) is 4.07. The highest BCUT2D eigenvalue weighted by molar-refractivity contribution is 5.79. The monoisotopic (exact) mass is 366 g/mol. The maximum atomic E-state index is 12.8. The Kier molecular flexibility index (Phi) is 5.55. The van der Waals surface area contributed by atoms with Crippen molar-refractivity contribution in [2.45, 2.75) is 58.4 Å². The van der Waals surface area contributed by atoms with Crippen molar-refractivity contribution >= 4 is 5.91 Å². The topological polar surface area (TPSA) is 51.0 Å². The molecule has 1 aliphatic carbocycles.